The Morgan fingerprint density at radius 3 is 2.89 bits per heavy atom. The summed E-state index contributed by atoms with van der Waals surface area (Å²) in [5.74, 6) is -0.542. The number of hydrogen-bond acceptors (Lipinski definition) is 7. The molecule has 0 radical (unpaired) electrons. The SMILES string of the molecule is Nc1ncc([N+](=O)[O-])cc1C(=O)Nc1cccnn1. The monoisotopic (exact) mass is 260 g/mol. The van der Waals surface area contributed by atoms with Gasteiger partial charge in [-0.3, -0.25) is 14.9 Å². The fraction of sp³-hybridized carbons (Fsp3) is 0. The summed E-state index contributed by atoms with van der Waals surface area (Å²) < 4.78 is 0. The Kier molecular flexibility index (Phi) is 3.28. The number of rotatable bonds is 3. The second-order valence-corrected chi connectivity index (χ2v) is 3.45. The van der Waals surface area contributed by atoms with Crippen LogP contribution in [-0.4, -0.2) is 26.0 Å². The van der Waals surface area contributed by atoms with Crippen molar-refractivity contribution in [3.8, 4) is 0 Å². The Morgan fingerprint density at radius 2 is 2.26 bits per heavy atom. The quantitative estimate of drug-likeness (QED) is 0.609. The number of anilines is 2. The second kappa shape index (κ2) is 5.04. The summed E-state index contributed by atoms with van der Waals surface area (Å²) in [6.45, 7) is 0. The molecule has 0 spiro atoms. The van der Waals surface area contributed by atoms with Gasteiger partial charge < -0.3 is 11.1 Å². The molecule has 19 heavy (non-hydrogen) atoms. The van der Waals surface area contributed by atoms with E-state index in [2.05, 4.69) is 20.5 Å². The van der Waals surface area contributed by atoms with Crippen molar-refractivity contribution in [3.63, 3.8) is 0 Å². The number of nitrogens with two attached hydrogens (primary N) is 1. The molecule has 2 rings (SSSR count). The molecule has 0 saturated heterocycles. The molecule has 9 heteroatoms. The first kappa shape index (κ1) is 12.4. The number of carbonyl (C=O) groups excluding carboxylic acids is 1. The van der Waals surface area contributed by atoms with Gasteiger partial charge in [-0.1, -0.05) is 0 Å². The number of nitro groups is 1. The first-order valence-corrected chi connectivity index (χ1v) is 5.07. The lowest BCUT2D eigenvalue weighted by molar-refractivity contribution is -0.385. The van der Waals surface area contributed by atoms with Crippen molar-refractivity contribution in [2.24, 2.45) is 0 Å². The normalized spacial score (nSPS) is 9.89. The summed E-state index contributed by atoms with van der Waals surface area (Å²) in [5, 5.41) is 20.3. The van der Waals surface area contributed by atoms with Gasteiger partial charge in [0.25, 0.3) is 11.6 Å². The third kappa shape index (κ3) is 2.77. The number of amides is 1. The number of carbonyl (C=O) groups is 1. The van der Waals surface area contributed by atoms with Gasteiger partial charge in [-0.05, 0) is 12.1 Å². The Morgan fingerprint density at radius 1 is 1.47 bits per heavy atom. The van der Waals surface area contributed by atoms with Crippen LogP contribution in [0.15, 0.2) is 30.6 Å². The van der Waals surface area contributed by atoms with Crippen LogP contribution >= 0.6 is 0 Å². The van der Waals surface area contributed by atoms with Gasteiger partial charge in [0, 0.05) is 12.3 Å². The van der Waals surface area contributed by atoms with Crippen molar-refractivity contribution in [1.29, 1.82) is 0 Å². The zero-order valence-corrected chi connectivity index (χ0v) is 9.48. The average molecular weight is 260 g/mol. The Labute approximate surface area is 106 Å². The van der Waals surface area contributed by atoms with Crippen LogP contribution in [0.3, 0.4) is 0 Å². The summed E-state index contributed by atoms with van der Waals surface area (Å²) in [7, 11) is 0. The molecule has 0 fully saturated rings. The predicted molar refractivity (Wildman–Crippen MR) is 65.3 cm³/mol. The van der Waals surface area contributed by atoms with E-state index in [0.29, 0.717) is 0 Å². The molecule has 1 amide bonds. The molecule has 0 bridgehead atoms. The Balaban J connectivity index is 2.28. The number of aromatic nitrogens is 3. The van der Waals surface area contributed by atoms with Gasteiger partial charge in [-0.25, -0.2) is 4.98 Å². The smallest absolute Gasteiger partial charge is 0.288 e. The van der Waals surface area contributed by atoms with Crippen LogP contribution < -0.4 is 11.1 Å². The van der Waals surface area contributed by atoms with Crippen molar-refractivity contribution >= 4 is 23.2 Å². The highest BCUT2D eigenvalue weighted by molar-refractivity contribution is 6.07. The highest BCUT2D eigenvalue weighted by Gasteiger charge is 2.17. The van der Waals surface area contributed by atoms with Gasteiger partial charge >= 0.3 is 0 Å². The van der Waals surface area contributed by atoms with E-state index in [-0.39, 0.29) is 22.9 Å². The topological polar surface area (TPSA) is 137 Å². The van der Waals surface area contributed by atoms with E-state index in [0.717, 1.165) is 12.3 Å². The molecule has 0 atom stereocenters. The van der Waals surface area contributed by atoms with Crippen molar-refractivity contribution in [1.82, 2.24) is 15.2 Å². The highest BCUT2D eigenvalue weighted by atomic mass is 16.6. The van der Waals surface area contributed by atoms with Gasteiger partial charge in [-0.15, -0.1) is 5.10 Å². The van der Waals surface area contributed by atoms with E-state index in [1.54, 1.807) is 6.07 Å². The van der Waals surface area contributed by atoms with Crippen LogP contribution in [0.5, 0.6) is 0 Å². The van der Waals surface area contributed by atoms with Crippen molar-refractivity contribution in [3.05, 3.63) is 46.3 Å². The van der Waals surface area contributed by atoms with Crippen molar-refractivity contribution in [2.75, 3.05) is 11.1 Å². The number of pyridine rings is 1. The van der Waals surface area contributed by atoms with E-state index in [4.69, 9.17) is 5.73 Å². The molecule has 2 heterocycles. The summed E-state index contributed by atoms with van der Waals surface area (Å²) >= 11 is 0. The molecular weight excluding hydrogens is 252 g/mol. The van der Waals surface area contributed by atoms with Gasteiger partial charge in [0.15, 0.2) is 5.82 Å². The number of nitrogen functional groups attached to an aromatic ring is 1. The lowest BCUT2D eigenvalue weighted by Crippen LogP contribution is -2.16. The zero-order valence-electron chi connectivity index (χ0n) is 9.48. The maximum atomic E-state index is 11.9. The number of nitrogens with one attached hydrogen (secondary N) is 1. The maximum absolute atomic E-state index is 11.9. The molecule has 2 aromatic heterocycles. The Hall–Kier alpha value is -3.10. The van der Waals surface area contributed by atoms with Gasteiger partial charge in [-0.2, -0.15) is 5.10 Å². The molecule has 2 aromatic rings. The van der Waals surface area contributed by atoms with Crippen molar-refractivity contribution in [2.45, 2.75) is 0 Å². The van der Waals surface area contributed by atoms with Crippen LogP contribution in [-0.2, 0) is 0 Å². The minimum absolute atomic E-state index is 0.0974. The van der Waals surface area contributed by atoms with Gasteiger partial charge in [0.05, 0.1) is 10.5 Å². The van der Waals surface area contributed by atoms with E-state index in [1.165, 1.54) is 12.3 Å². The molecule has 0 aliphatic heterocycles. The molecule has 0 aromatic carbocycles. The van der Waals surface area contributed by atoms with Crippen LogP contribution in [0.25, 0.3) is 0 Å². The largest absolute Gasteiger partial charge is 0.383 e. The summed E-state index contributed by atoms with van der Waals surface area (Å²) in [6.07, 6.45) is 2.42. The zero-order chi connectivity index (χ0) is 13.8. The molecule has 0 aliphatic carbocycles. The first-order chi connectivity index (χ1) is 9.08. The molecule has 0 saturated carbocycles. The molecule has 0 aliphatic rings. The van der Waals surface area contributed by atoms with Crippen LogP contribution in [0.4, 0.5) is 17.3 Å². The summed E-state index contributed by atoms with van der Waals surface area (Å²) in [5.41, 5.74) is 5.10. The third-order valence-corrected chi connectivity index (χ3v) is 2.17. The van der Waals surface area contributed by atoms with E-state index in [1.807, 2.05) is 0 Å². The van der Waals surface area contributed by atoms with Gasteiger partial charge in [0.1, 0.15) is 12.0 Å². The maximum Gasteiger partial charge on any atom is 0.288 e. The predicted octanol–water partition coefficient (Wildman–Crippen LogP) is 0.614. The van der Waals surface area contributed by atoms with E-state index < -0.39 is 10.8 Å². The fourth-order valence-corrected chi connectivity index (χ4v) is 1.30. The fourth-order valence-electron chi connectivity index (χ4n) is 1.30. The third-order valence-electron chi connectivity index (χ3n) is 2.17. The van der Waals surface area contributed by atoms with Crippen LogP contribution in [0.1, 0.15) is 10.4 Å². The first-order valence-electron chi connectivity index (χ1n) is 5.07. The number of hydrogen-bond donors (Lipinski definition) is 2. The highest BCUT2D eigenvalue weighted by Crippen LogP contribution is 2.17. The Bertz CT molecular complexity index is 630. The minimum atomic E-state index is -0.661. The standard InChI is InChI=1S/C10H8N6O3/c11-9-7(4-6(5-12-9)16(18)19)10(17)14-8-2-1-3-13-15-8/h1-5H,(H2,11,12)(H,14,15,17). The van der Waals surface area contributed by atoms with Crippen molar-refractivity contribution < 1.29 is 9.72 Å². The van der Waals surface area contributed by atoms with E-state index >= 15 is 0 Å². The van der Waals surface area contributed by atoms with Crippen LogP contribution in [0, 0.1) is 10.1 Å². The summed E-state index contributed by atoms with van der Waals surface area (Å²) in [6, 6.07) is 4.15. The lowest BCUT2D eigenvalue weighted by atomic mass is 10.2. The molecular formula is C10H8N6O3. The summed E-state index contributed by atoms with van der Waals surface area (Å²) in [4.78, 5) is 25.4. The minimum Gasteiger partial charge on any atom is -0.383 e. The van der Waals surface area contributed by atoms with E-state index in [9.17, 15) is 14.9 Å². The van der Waals surface area contributed by atoms with Crippen LogP contribution in [0.2, 0.25) is 0 Å². The van der Waals surface area contributed by atoms with Gasteiger partial charge in [0.2, 0.25) is 0 Å². The number of nitrogens with zero attached hydrogens (tertiary/aromatic N) is 4. The molecule has 0 unspecified atom stereocenters. The molecule has 96 valence electrons. The average Bonchev–Trinajstić information content (AvgIpc) is 2.40. The molecule has 3 N–H and O–H groups in total. The lowest BCUT2D eigenvalue weighted by Gasteiger charge is -2.05. The second-order valence-electron chi connectivity index (χ2n) is 3.45. The molecule has 9 nitrogen and oxygen atoms in total.